The van der Waals surface area contributed by atoms with Crippen LogP contribution in [0.1, 0.15) is 18.2 Å². The molecule has 0 saturated carbocycles. The van der Waals surface area contributed by atoms with Crippen molar-refractivity contribution in [3.63, 3.8) is 0 Å². The van der Waals surface area contributed by atoms with Crippen molar-refractivity contribution in [2.24, 2.45) is 0 Å². The minimum Gasteiger partial charge on any atom is -0.468 e. The lowest BCUT2D eigenvalue weighted by Gasteiger charge is -2.39. The van der Waals surface area contributed by atoms with Gasteiger partial charge in [-0.1, -0.05) is 12.1 Å². The minimum absolute atomic E-state index is 0.0542. The number of benzene rings is 1. The fourth-order valence-electron chi connectivity index (χ4n) is 3.50. The van der Waals surface area contributed by atoms with E-state index in [2.05, 4.69) is 15.5 Å². The van der Waals surface area contributed by atoms with E-state index in [1.807, 2.05) is 17.0 Å². The average Bonchev–Trinajstić information content (AvgIpc) is 3.29. The maximum Gasteiger partial charge on any atom is 0.309 e. The molecule has 1 saturated heterocycles. The summed E-state index contributed by atoms with van der Waals surface area (Å²) >= 11 is 0. The Morgan fingerprint density at radius 3 is 2.47 bits per heavy atom. The zero-order valence-corrected chi connectivity index (χ0v) is 16.7. The van der Waals surface area contributed by atoms with E-state index in [-0.39, 0.29) is 31.6 Å². The van der Waals surface area contributed by atoms with E-state index < -0.39 is 11.8 Å². The number of anilines is 1. The first kappa shape index (κ1) is 21.8. The second-order valence-electron chi connectivity index (χ2n) is 7.05. The Morgan fingerprint density at radius 1 is 1.07 bits per heavy atom. The minimum atomic E-state index is -0.731. The number of hydrogen-bond donors (Lipinski definition) is 3. The molecule has 2 heterocycles. The first-order chi connectivity index (χ1) is 14.6. The Hall–Kier alpha value is -2.91. The Morgan fingerprint density at radius 2 is 1.80 bits per heavy atom. The first-order valence-electron chi connectivity index (χ1n) is 10.0. The monoisotopic (exact) mass is 418 g/mol. The highest BCUT2D eigenvalue weighted by Crippen LogP contribution is 2.25. The van der Waals surface area contributed by atoms with Crippen molar-refractivity contribution in [2.75, 3.05) is 50.8 Å². The van der Waals surface area contributed by atoms with Gasteiger partial charge in [-0.2, -0.15) is 0 Å². The van der Waals surface area contributed by atoms with Crippen LogP contribution in [0.3, 0.4) is 0 Å². The molecule has 8 nitrogen and oxygen atoms in total. The highest BCUT2D eigenvalue weighted by atomic mass is 19.1. The summed E-state index contributed by atoms with van der Waals surface area (Å²) in [5, 5.41) is 13.9. The number of furan rings is 1. The van der Waals surface area contributed by atoms with E-state index in [0.717, 1.165) is 0 Å². The number of nitrogens with zero attached hydrogens (tertiary/aromatic N) is 2. The number of para-hydroxylation sites is 1. The number of carbonyl (C=O) groups is 2. The standard InChI is InChI=1S/C21H27FN4O4/c22-16-5-1-2-6-17(16)25-9-11-26(12-10-25)18(19-7-3-14-30-19)15-24-21(29)20(28)23-8-4-13-27/h1-3,5-7,14,18,27H,4,8-13,15H2,(H,23,28)(H,24,29)/t18-/m1/s1. The molecule has 1 aromatic heterocycles. The highest BCUT2D eigenvalue weighted by molar-refractivity contribution is 6.35. The Bertz CT molecular complexity index is 822. The summed E-state index contributed by atoms with van der Waals surface area (Å²) in [5.74, 6) is -1.01. The van der Waals surface area contributed by atoms with Gasteiger partial charge >= 0.3 is 11.8 Å². The third-order valence-corrected chi connectivity index (χ3v) is 5.10. The second-order valence-corrected chi connectivity index (χ2v) is 7.05. The molecule has 1 aliphatic rings. The predicted molar refractivity (Wildman–Crippen MR) is 109 cm³/mol. The number of aliphatic hydroxyl groups is 1. The summed E-state index contributed by atoms with van der Waals surface area (Å²) < 4.78 is 19.6. The fraction of sp³-hybridized carbons (Fsp3) is 0.429. The molecule has 1 aliphatic heterocycles. The molecule has 9 heteroatoms. The van der Waals surface area contributed by atoms with Gasteiger partial charge in [-0.3, -0.25) is 14.5 Å². The van der Waals surface area contributed by atoms with Crippen molar-refractivity contribution in [3.05, 3.63) is 54.2 Å². The van der Waals surface area contributed by atoms with E-state index in [1.165, 1.54) is 6.07 Å². The lowest BCUT2D eigenvalue weighted by molar-refractivity contribution is -0.139. The predicted octanol–water partition coefficient (Wildman–Crippen LogP) is 0.897. The molecule has 2 aromatic rings. The Balaban J connectivity index is 1.58. The van der Waals surface area contributed by atoms with Gasteiger partial charge in [0.2, 0.25) is 0 Å². The quantitative estimate of drug-likeness (QED) is 0.435. The third kappa shape index (κ3) is 5.58. The van der Waals surface area contributed by atoms with Gasteiger partial charge in [0.25, 0.3) is 0 Å². The van der Waals surface area contributed by atoms with Crippen molar-refractivity contribution >= 4 is 17.5 Å². The van der Waals surface area contributed by atoms with Crippen molar-refractivity contribution < 1.29 is 23.5 Å². The smallest absolute Gasteiger partial charge is 0.309 e. The SMILES string of the molecule is O=C(NCCCO)C(=O)NC[C@H](c1ccco1)N1CCN(c2ccccc2F)CC1. The van der Waals surface area contributed by atoms with E-state index in [9.17, 15) is 14.0 Å². The van der Waals surface area contributed by atoms with Gasteiger partial charge in [0, 0.05) is 45.9 Å². The average molecular weight is 418 g/mol. The summed E-state index contributed by atoms with van der Waals surface area (Å²) in [5.41, 5.74) is 0.583. The van der Waals surface area contributed by atoms with E-state index >= 15 is 0 Å². The van der Waals surface area contributed by atoms with Crippen LogP contribution in [0.4, 0.5) is 10.1 Å². The van der Waals surface area contributed by atoms with Gasteiger partial charge in [0.05, 0.1) is 18.0 Å². The number of carbonyl (C=O) groups excluding carboxylic acids is 2. The van der Waals surface area contributed by atoms with Gasteiger partial charge in [0.1, 0.15) is 11.6 Å². The van der Waals surface area contributed by atoms with Crippen molar-refractivity contribution in [1.82, 2.24) is 15.5 Å². The van der Waals surface area contributed by atoms with Crippen molar-refractivity contribution in [3.8, 4) is 0 Å². The number of piperazine rings is 1. The number of hydrogen-bond acceptors (Lipinski definition) is 6. The fourth-order valence-corrected chi connectivity index (χ4v) is 3.50. The van der Waals surface area contributed by atoms with Crippen LogP contribution in [0.5, 0.6) is 0 Å². The number of rotatable bonds is 8. The summed E-state index contributed by atoms with van der Waals surface area (Å²) in [6, 6.07) is 10.1. The molecule has 162 valence electrons. The number of amides is 2. The molecule has 2 amide bonds. The molecule has 0 unspecified atom stereocenters. The van der Waals surface area contributed by atoms with Gasteiger partial charge in [-0.05, 0) is 30.7 Å². The van der Waals surface area contributed by atoms with Crippen LogP contribution < -0.4 is 15.5 Å². The molecule has 30 heavy (non-hydrogen) atoms. The topological polar surface area (TPSA) is 98.0 Å². The zero-order valence-electron chi connectivity index (χ0n) is 16.7. The highest BCUT2D eigenvalue weighted by Gasteiger charge is 2.28. The molecule has 0 radical (unpaired) electrons. The first-order valence-corrected chi connectivity index (χ1v) is 10.0. The molecule has 0 aliphatic carbocycles. The van der Waals surface area contributed by atoms with Crippen LogP contribution in [0.25, 0.3) is 0 Å². The molecule has 1 fully saturated rings. The lowest BCUT2D eigenvalue weighted by Crippen LogP contribution is -2.51. The lowest BCUT2D eigenvalue weighted by atomic mass is 10.1. The van der Waals surface area contributed by atoms with Crippen LogP contribution in [0, 0.1) is 5.82 Å². The zero-order chi connectivity index (χ0) is 21.3. The summed E-state index contributed by atoms with van der Waals surface area (Å²) in [4.78, 5) is 28.1. The van der Waals surface area contributed by atoms with Crippen molar-refractivity contribution in [2.45, 2.75) is 12.5 Å². The summed E-state index contributed by atoms with van der Waals surface area (Å²) in [7, 11) is 0. The Labute approximate surface area is 174 Å². The Kier molecular flexibility index (Phi) is 7.81. The largest absolute Gasteiger partial charge is 0.468 e. The molecular weight excluding hydrogens is 391 g/mol. The van der Waals surface area contributed by atoms with Gasteiger partial charge in [-0.25, -0.2) is 4.39 Å². The van der Waals surface area contributed by atoms with Crippen LogP contribution >= 0.6 is 0 Å². The maximum atomic E-state index is 14.1. The molecule has 3 rings (SSSR count). The van der Waals surface area contributed by atoms with E-state index in [0.29, 0.717) is 44.0 Å². The van der Waals surface area contributed by atoms with Crippen LogP contribution in [0.2, 0.25) is 0 Å². The molecule has 1 atom stereocenters. The number of halogens is 1. The van der Waals surface area contributed by atoms with Crippen LogP contribution in [-0.2, 0) is 9.59 Å². The second kappa shape index (κ2) is 10.7. The molecular formula is C21H27FN4O4. The van der Waals surface area contributed by atoms with Crippen LogP contribution in [0.15, 0.2) is 47.1 Å². The third-order valence-electron chi connectivity index (χ3n) is 5.10. The van der Waals surface area contributed by atoms with E-state index in [4.69, 9.17) is 9.52 Å². The van der Waals surface area contributed by atoms with Gasteiger partial charge < -0.3 is 25.1 Å². The van der Waals surface area contributed by atoms with Gasteiger partial charge in [-0.15, -0.1) is 0 Å². The summed E-state index contributed by atoms with van der Waals surface area (Å²) in [6.07, 6.45) is 1.96. The maximum absolute atomic E-state index is 14.1. The van der Waals surface area contributed by atoms with Gasteiger partial charge in [0.15, 0.2) is 0 Å². The molecule has 0 bridgehead atoms. The molecule has 0 spiro atoms. The normalized spacial score (nSPS) is 15.6. The van der Waals surface area contributed by atoms with Crippen LogP contribution in [-0.4, -0.2) is 67.7 Å². The van der Waals surface area contributed by atoms with E-state index in [1.54, 1.807) is 24.5 Å². The van der Waals surface area contributed by atoms with Crippen molar-refractivity contribution in [1.29, 1.82) is 0 Å². The number of nitrogens with one attached hydrogen (secondary N) is 2. The molecule has 1 aromatic carbocycles. The summed E-state index contributed by atoms with van der Waals surface area (Å²) in [6.45, 7) is 2.96. The molecule has 3 N–H and O–H groups in total. The number of aliphatic hydroxyl groups excluding tert-OH is 1.